The molecule has 94 valence electrons. The van der Waals surface area contributed by atoms with Gasteiger partial charge >= 0.3 is 0 Å². The number of carbonyl (C=O) groups is 1. The Morgan fingerprint density at radius 1 is 1.41 bits per heavy atom. The van der Waals surface area contributed by atoms with Crippen LogP contribution in [0.2, 0.25) is 0 Å². The lowest BCUT2D eigenvalue weighted by Crippen LogP contribution is -2.55. The smallest absolute Gasteiger partial charge is 0.237 e. The summed E-state index contributed by atoms with van der Waals surface area (Å²) in [6.07, 6.45) is 5.88. The molecule has 2 heterocycles. The van der Waals surface area contributed by atoms with Gasteiger partial charge in [-0.3, -0.25) is 4.79 Å². The van der Waals surface area contributed by atoms with Crippen molar-refractivity contribution in [1.82, 2.24) is 10.2 Å². The molecule has 0 aromatic rings. The zero-order valence-electron chi connectivity index (χ0n) is 10.6. The first kappa shape index (κ1) is 12.4. The summed E-state index contributed by atoms with van der Waals surface area (Å²) in [6, 6.07) is 3.49. The van der Waals surface area contributed by atoms with Gasteiger partial charge in [0, 0.05) is 18.1 Å². The molecule has 0 aromatic carbocycles. The van der Waals surface area contributed by atoms with Gasteiger partial charge in [-0.05, 0) is 39.7 Å². The second-order valence-electron chi connectivity index (χ2n) is 5.43. The van der Waals surface area contributed by atoms with E-state index in [1.54, 1.807) is 6.92 Å². The number of hydrogen-bond acceptors (Lipinski definition) is 3. The lowest BCUT2D eigenvalue weighted by molar-refractivity contribution is -0.124. The molecule has 4 nitrogen and oxygen atoms in total. The first-order chi connectivity index (χ1) is 8.11. The predicted molar refractivity (Wildman–Crippen MR) is 65.1 cm³/mol. The van der Waals surface area contributed by atoms with Crippen molar-refractivity contribution in [2.24, 2.45) is 5.92 Å². The van der Waals surface area contributed by atoms with Crippen LogP contribution >= 0.6 is 0 Å². The molecule has 2 rings (SSSR count). The average Bonchev–Trinajstić information content (AvgIpc) is 2.29. The number of carbonyl (C=O) groups excluding carboxylic acids is 1. The van der Waals surface area contributed by atoms with Crippen molar-refractivity contribution in [2.75, 3.05) is 7.05 Å². The number of fused-ring (bicyclic) bond motifs is 2. The molecule has 2 fully saturated rings. The Balaban J connectivity index is 1.92. The van der Waals surface area contributed by atoms with Gasteiger partial charge in [-0.2, -0.15) is 5.26 Å². The van der Waals surface area contributed by atoms with Crippen LogP contribution in [0.4, 0.5) is 0 Å². The number of hydrogen-bond donors (Lipinski definition) is 1. The molecule has 0 aliphatic carbocycles. The molecule has 0 spiro atoms. The highest BCUT2D eigenvalue weighted by Gasteiger charge is 2.36. The van der Waals surface area contributed by atoms with Gasteiger partial charge in [0.05, 0.1) is 6.07 Å². The van der Waals surface area contributed by atoms with Crippen LogP contribution in [-0.4, -0.2) is 36.0 Å². The number of nitrogens with zero attached hydrogens (tertiary/aromatic N) is 2. The molecule has 17 heavy (non-hydrogen) atoms. The predicted octanol–water partition coefficient (Wildman–Crippen LogP) is 1.28. The van der Waals surface area contributed by atoms with Crippen molar-refractivity contribution in [3.05, 3.63) is 0 Å². The Labute approximate surface area is 103 Å². The van der Waals surface area contributed by atoms with Crippen molar-refractivity contribution >= 4 is 5.91 Å². The molecule has 3 atom stereocenters. The van der Waals surface area contributed by atoms with E-state index in [4.69, 9.17) is 5.26 Å². The van der Waals surface area contributed by atoms with E-state index in [0.717, 1.165) is 12.8 Å². The maximum absolute atomic E-state index is 11.7. The largest absolute Gasteiger partial charge is 0.352 e. The van der Waals surface area contributed by atoms with E-state index in [2.05, 4.69) is 17.3 Å². The monoisotopic (exact) mass is 235 g/mol. The van der Waals surface area contributed by atoms with Gasteiger partial charge in [0.2, 0.25) is 5.91 Å². The molecule has 2 aliphatic rings. The molecule has 1 N–H and O–H groups in total. The zero-order valence-corrected chi connectivity index (χ0v) is 10.6. The van der Waals surface area contributed by atoms with E-state index in [1.165, 1.54) is 19.3 Å². The van der Waals surface area contributed by atoms with E-state index >= 15 is 0 Å². The van der Waals surface area contributed by atoms with Gasteiger partial charge in [0.1, 0.15) is 5.92 Å². The summed E-state index contributed by atoms with van der Waals surface area (Å²) in [7, 11) is 2.20. The first-order valence-electron chi connectivity index (χ1n) is 6.53. The zero-order chi connectivity index (χ0) is 12.4. The summed E-state index contributed by atoms with van der Waals surface area (Å²) in [5.41, 5.74) is 0. The maximum atomic E-state index is 11.7. The first-order valence-corrected chi connectivity index (χ1v) is 6.53. The minimum atomic E-state index is -0.533. The van der Waals surface area contributed by atoms with Crippen LogP contribution in [0.1, 0.15) is 39.0 Å². The Hall–Kier alpha value is -1.08. The van der Waals surface area contributed by atoms with E-state index < -0.39 is 5.92 Å². The van der Waals surface area contributed by atoms with Crippen LogP contribution in [-0.2, 0) is 4.79 Å². The van der Waals surface area contributed by atoms with Crippen LogP contribution in [0.25, 0.3) is 0 Å². The summed E-state index contributed by atoms with van der Waals surface area (Å²) in [5, 5.41) is 11.7. The summed E-state index contributed by atoms with van der Waals surface area (Å²) in [5.74, 6) is -0.644. The van der Waals surface area contributed by atoms with Crippen molar-refractivity contribution in [1.29, 1.82) is 5.26 Å². The highest BCUT2D eigenvalue weighted by Crippen LogP contribution is 2.32. The molecular weight excluding hydrogens is 214 g/mol. The Kier molecular flexibility index (Phi) is 3.68. The van der Waals surface area contributed by atoms with Gasteiger partial charge in [-0.25, -0.2) is 0 Å². The van der Waals surface area contributed by atoms with E-state index in [0.29, 0.717) is 12.1 Å². The molecule has 2 aliphatic heterocycles. The highest BCUT2D eigenvalue weighted by atomic mass is 16.1. The molecular formula is C13H21N3O. The van der Waals surface area contributed by atoms with Gasteiger partial charge in [0.15, 0.2) is 0 Å². The number of nitriles is 1. The molecule has 1 amide bonds. The SMILES string of the molecule is CC(C#N)C(=O)NC1CC2CCCC(C1)N2C. The number of rotatable bonds is 2. The Morgan fingerprint density at radius 2 is 2.00 bits per heavy atom. The van der Waals surface area contributed by atoms with Crippen LogP contribution in [0.3, 0.4) is 0 Å². The molecule has 3 unspecified atom stereocenters. The maximum Gasteiger partial charge on any atom is 0.237 e. The fraction of sp³-hybridized carbons (Fsp3) is 0.846. The summed E-state index contributed by atoms with van der Waals surface area (Å²) in [6.45, 7) is 1.66. The van der Waals surface area contributed by atoms with Crippen LogP contribution in [0.15, 0.2) is 0 Å². The van der Waals surface area contributed by atoms with Crippen LogP contribution < -0.4 is 5.32 Å². The summed E-state index contributed by atoms with van der Waals surface area (Å²) >= 11 is 0. The standard InChI is InChI=1S/C13H21N3O/c1-9(8-14)13(17)15-10-6-11-4-3-5-12(7-10)16(11)2/h9-12H,3-7H2,1-2H3,(H,15,17). The number of piperidine rings is 2. The van der Waals surface area contributed by atoms with Gasteiger partial charge in [-0.15, -0.1) is 0 Å². The lowest BCUT2D eigenvalue weighted by Gasteiger charge is -2.47. The van der Waals surface area contributed by atoms with Crippen LogP contribution in [0, 0.1) is 17.2 Å². The molecule has 2 bridgehead atoms. The third-order valence-corrected chi connectivity index (χ3v) is 4.27. The third-order valence-electron chi connectivity index (χ3n) is 4.27. The number of amides is 1. The van der Waals surface area contributed by atoms with Crippen molar-refractivity contribution in [3.8, 4) is 6.07 Å². The fourth-order valence-electron chi connectivity index (χ4n) is 3.12. The lowest BCUT2D eigenvalue weighted by atomic mass is 9.82. The Bertz CT molecular complexity index is 322. The molecule has 0 radical (unpaired) electrons. The van der Waals surface area contributed by atoms with Crippen molar-refractivity contribution in [3.63, 3.8) is 0 Å². The normalized spacial score (nSPS) is 34.8. The molecule has 0 aromatic heterocycles. The van der Waals surface area contributed by atoms with Crippen molar-refractivity contribution < 1.29 is 4.79 Å². The summed E-state index contributed by atoms with van der Waals surface area (Å²) in [4.78, 5) is 14.2. The highest BCUT2D eigenvalue weighted by molar-refractivity contribution is 5.80. The van der Waals surface area contributed by atoms with Gasteiger partial charge in [0.25, 0.3) is 0 Å². The van der Waals surface area contributed by atoms with E-state index in [-0.39, 0.29) is 11.9 Å². The quantitative estimate of drug-likeness (QED) is 0.784. The third kappa shape index (κ3) is 2.61. The second kappa shape index (κ2) is 5.05. The van der Waals surface area contributed by atoms with Gasteiger partial charge < -0.3 is 10.2 Å². The topological polar surface area (TPSA) is 56.1 Å². The molecule has 4 heteroatoms. The molecule has 0 saturated carbocycles. The minimum absolute atomic E-state index is 0.111. The van der Waals surface area contributed by atoms with Crippen LogP contribution in [0.5, 0.6) is 0 Å². The minimum Gasteiger partial charge on any atom is -0.352 e. The van der Waals surface area contributed by atoms with Gasteiger partial charge in [-0.1, -0.05) is 6.42 Å². The Morgan fingerprint density at radius 3 is 2.53 bits per heavy atom. The average molecular weight is 235 g/mol. The van der Waals surface area contributed by atoms with E-state index in [1.807, 2.05) is 6.07 Å². The summed E-state index contributed by atoms with van der Waals surface area (Å²) < 4.78 is 0. The van der Waals surface area contributed by atoms with Crippen molar-refractivity contribution in [2.45, 2.75) is 57.2 Å². The number of nitrogens with one attached hydrogen (secondary N) is 1. The molecule has 2 saturated heterocycles. The fourth-order valence-corrected chi connectivity index (χ4v) is 3.12. The second-order valence-corrected chi connectivity index (χ2v) is 5.43. The van der Waals surface area contributed by atoms with E-state index in [9.17, 15) is 4.79 Å².